The number of ether oxygens (including phenoxy) is 1. The fourth-order valence-corrected chi connectivity index (χ4v) is 3.67. The number of aliphatic carboxylic acids is 1. The molecule has 1 fully saturated rings. The summed E-state index contributed by atoms with van der Waals surface area (Å²) in [6, 6.07) is 7.04. The van der Waals surface area contributed by atoms with Crippen LogP contribution >= 0.6 is 0 Å². The lowest BCUT2D eigenvalue weighted by Crippen LogP contribution is -2.42. The number of aromatic nitrogens is 1. The lowest BCUT2D eigenvalue weighted by Gasteiger charge is -2.35. The molecule has 1 aliphatic rings. The number of aryl methyl sites for hydroxylation is 1. The molecule has 6 nitrogen and oxygen atoms in total. The molecule has 0 radical (unpaired) electrons. The Balaban J connectivity index is 1.90. The predicted octanol–water partition coefficient (Wildman–Crippen LogP) is 2.49. The zero-order chi connectivity index (χ0) is 17.3. The molecule has 6 heteroatoms. The van der Waals surface area contributed by atoms with Crippen molar-refractivity contribution in [1.29, 1.82) is 0 Å². The summed E-state index contributed by atoms with van der Waals surface area (Å²) in [5.41, 5.74) is 2.63. The number of rotatable bonds is 4. The molecular weight excluding hydrogens is 308 g/mol. The molecule has 1 aromatic heterocycles. The van der Waals surface area contributed by atoms with Crippen molar-refractivity contribution in [3.63, 3.8) is 0 Å². The van der Waals surface area contributed by atoms with Gasteiger partial charge in [-0.3, -0.25) is 14.5 Å². The summed E-state index contributed by atoms with van der Waals surface area (Å²) in [7, 11) is 1.39. The first-order valence-corrected chi connectivity index (χ1v) is 8.14. The number of methoxy groups -OCH3 is 1. The molecule has 3 rings (SSSR count). The van der Waals surface area contributed by atoms with Crippen molar-refractivity contribution < 1.29 is 19.4 Å². The number of carbonyl (C=O) groups excluding carboxylic acids is 1. The van der Waals surface area contributed by atoms with Gasteiger partial charge in [-0.2, -0.15) is 0 Å². The lowest BCUT2D eigenvalue weighted by molar-refractivity contribution is -0.148. The van der Waals surface area contributed by atoms with E-state index in [0.717, 1.165) is 22.2 Å². The fraction of sp³-hybridized carbons (Fsp3) is 0.444. The summed E-state index contributed by atoms with van der Waals surface area (Å²) in [6.45, 7) is 3.04. The van der Waals surface area contributed by atoms with Crippen LogP contribution in [-0.4, -0.2) is 47.1 Å². The molecule has 2 N–H and O–H groups in total. The number of carboxylic acid groups (broad SMARTS) is 1. The van der Waals surface area contributed by atoms with Crippen LogP contribution in [0.5, 0.6) is 0 Å². The van der Waals surface area contributed by atoms with E-state index in [1.165, 1.54) is 7.11 Å². The standard InChI is InChI=1S/C18H22N2O4/c1-11-15(13-5-3-4-6-14(13)19-11)16(17(21)22)20-9-7-12(8-10-20)18(23)24-2/h3-6,12,16,19H,7-10H2,1-2H3,(H,21,22). The van der Waals surface area contributed by atoms with E-state index in [9.17, 15) is 14.7 Å². The number of piperidine rings is 1. The van der Waals surface area contributed by atoms with Crippen molar-refractivity contribution in [1.82, 2.24) is 9.88 Å². The number of nitrogens with one attached hydrogen (secondary N) is 1. The molecule has 2 aromatic rings. The Morgan fingerprint density at radius 1 is 1.29 bits per heavy atom. The quantitative estimate of drug-likeness (QED) is 0.842. The largest absolute Gasteiger partial charge is 0.480 e. The second-order valence-corrected chi connectivity index (χ2v) is 6.28. The van der Waals surface area contributed by atoms with Gasteiger partial charge < -0.3 is 14.8 Å². The van der Waals surface area contributed by atoms with Crippen LogP contribution in [0.1, 0.15) is 30.1 Å². The zero-order valence-electron chi connectivity index (χ0n) is 13.9. The number of carbonyl (C=O) groups is 2. The number of fused-ring (bicyclic) bond motifs is 1. The van der Waals surface area contributed by atoms with E-state index in [2.05, 4.69) is 4.98 Å². The Morgan fingerprint density at radius 2 is 1.96 bits per heavy atom. The molecular formula is C18H22N2O4. The van der Waals surface area contributed by atoms with E-state index >= 15 is 0 Å². The summed E-state index contributed by atoms with van der Waals surface area (Å²) < 4.78 is 4.80. The van der Waals surface area contributed by atoms with Gasteiger partial charge in [0.15, 0.2) is 0 Å². The molecule has 24 heavy (non-hydrogen) atoms. The van der Waals surface area contributed by atoms with Crippen LogP contribution in [-0.2, 0) is 14.3 Å². The van der Waals surface area contributed by atoms with Crippen molar-refractivity contribution in [3.8, 4) is 0 Å². The van der Waals surface area contributed by atoms with Gasteiger partial charge in [0.05, 0.1) is 13.0 Å². The van der Waals surface area contributed by atoms with E-state index in [4.69, 9.17) is 4.74 Å². The van der Waals surface area contributed by atoms with E-state index in [1.54, 1.807) is 0 Å². The highest BCUT2D eigenvalue weighted by atomic mass is 16.5. The van der Waals surface area contributed by atoms with Gasteiger partial charge in [-0.1, -0.05) is 18.2 Å². The molecule has 128 valence electrons. The monoisotopic (exact) mass is 330 g/mol. The topological polar surface area (TPSA) is 82.6 Å². The van der Waals surface area contributed by atoms with Crippen LogP contribution in [0, 0.1) is 12.8 Å². The number of hydrogen-bond donors (Lipinski definition) is 2. The van der Waals surface area contributed by atoms with E-state index < -0.39 is 12.0 Å². The zero-order valence-corrected chi connectivity index (χ0v) is 13.9. The minimum absolute atomic E-state index is 0.134. The lowest BCUT2D eigenvalue weighted by atomic mass is 9.93. The van der Waals surface area contributed by atoms with E-state index in [-0.39, 0.29) is 11.9 Å². The number of H-pyrrole nitrogens is 1. The van der Waals surface area contributed by atoms with Crippen molar-refractivity contribution in [2.45, 2.75) is 25.8 Å². The maximum atomic E-state index is 12.0. The minimum Gasteiger partial charge on any atom is -0.480 e. The predicted molar refractivity (Wildman–Crippen MR) is 89.7 cm³/mol. The first kappa shape index (κ1) is 16.5. The number of benzene rings is 1. The highest BCUT2D eigenvalue weighted by molar-refractivity contribution is 5.90. The van der Waals surface area contributed by atoms with Crippen LogP contribution in [0.15, 0.2) is 24.3 Å². The van der Waals surface area contributed by atoms with Crippen LogP contribution in [0.3, 0.4) is 0 Å². The maximum absolute atomic E-state index is 12.0. The smallest absolute Gasteiger partial charge is 0.325 e. The average molecular weight is 330 g/mol. The van der Waals surface area contributed by atoms with Gasteiger partial charge in [-0.05, 0) is 25.8 Å². The molecule has 0 amide bonds. The minimum atomic E-state index is -0.862. The third-order valence-corrected chi connectivity index (χ3v) is 4.88. The van der Waals surface area contributed by atoms with Gasteiger partial charge in [0.2, 0.25) is 0 Å². The van der Waals surface area contributed by atoms with E-state index in [1.807, 2.05) is 36.1 Å². The number of nitrogens with zero attached hydrogens (tertiary/aromatic N) is 1. The molecule has 1 atom stereocenters. The third-order valence-electron chi connectivity index (χ3n) is 4.88. The number of likely N-dealkylation sites (tertiary alicyclic amines) is 1. The van der Waals surface area contributed by atoms with Crippen molar-refractivity contribution in [3.05, 3.63) is 35.5 Å². The van der Waals surface area contributed by atoms with Crippen molar-refractivity contribution in [2.24, 2.45) is 5.92 Å². The van der Waals surface area contributed by atoms with Crippen LogP contribution < -0.4 is 0 Å². The second kappa shape index (κ2) is 6.65. The molecule has 0 bridgehead atoms. The highest BCUT2D eigenvalue weighted by Crippen LogP contribution is 2.34. The second-order valence-electron chi connectivity index (χ2n) is 6.28. The first-order chi connectivity index (χ1) is 11.5. The van der Waals surface area contributed by atoms with E-state index in [0.29, 0.717) is 25.9 Å². The van der Waals surface area contributed by atoms with Gasteiger partial charge >= 0.3 is 11.9 Å². The Morgan fingerprint density at radius 3 is 2.58 bits per heavy atom. The normalized spacial score (nSPS) is 17.8. The number of para-hydroxylation sites is 1. The van der Waals surface area contributed by atoms with Gasteiger partial charge in [-0.15, -0.1) is 0 Å². The fourth-order valence-electron chi connectivity index (χ4n) is 3.67. The molecule has 1 aromatic carbocycles. The van der Waals surface area contributed by atoms with Gasteiger partial charge in [0.25, 0.3) is 0 Å². The molecule has 0 spiro atoms. The van der Waals surface area contributed by atoms with Gasteiger partial charge in [0, 0.05) is 35.2 Å². The Kier molecular flexibility index (Phi) is 4.57. The molecule has 2 heterocycles. The highest BCUT2D eigenvalue weighted by Gasteiger charge is 2.35. The van der Waals surface area contributed by atoms with Crippen molar-refractivity contribution in [2.75, 3.05) is 20.2 Å². The third kappa shape index (κ3) is 2.89. The molecule has 0 aliphatic carbocycles. The molecule has 1 unspecified atom stereocenters. The first-order valence-electron chi connectivity index (χ1n) is 8.14. The van der Waals surface area contributed by atoms with Crippen molar-refractivity contribution >= 4 is 22.8 Å². The summed E-state index contributed by atoms with van der Waals surface area (Å²) >= 11 is 0. The average Bonchev–Trinajstić information content (AvgIpc) is 2.91. The van der Waals surface area contributed by atoms with Crippen LogP contribution in [0.25, 0.3) is 10.9 Å². The van der Waals surface area contributed by atoms with Crippen LogP contribution in [0.4, 0.5) is 0 Å². The summed E-state index contributed by atoms with van der Waals surface area (Å²) in [5, 5.41) is 10.8. The van der Waals surface area contributed by atoms with Gasteiger partial charge in [0.1, 0.15) is 6.04 Å². The Labute approximate surface area is 140 Å². The molecule has 0 saturated carbocycles. The Bertz CT molecular complexity index is 759. The van der Waals surface area contributed by atoms with Crippen LogP contribution in [0.2, 0.25) is 0 Å². The Hall–Kier alpha value is -2.34. The number of aromatic amines is 1. The van der Waals surface area contributed by atoms with Gasteiger partial charge in [-0.25, -0.2) is 0 Å². The SMILES string of the molecule is COC(=O)C1CCN(C(C(=O)O)c2c(C)[nH]c3ccccc23)CC1. The number of esters is 1. The summed E-state index contributed by atoms with van der Waals surface area (Å²) in [5.74, 6) is -1.20. The summed E-state index contributed by atoms with van der Waals surface area (Å²) in [4.78, 5) is 28.9. The summed E-state index contributed by atoms with van der Waals surface area (Å²) in [6.07, 6.45) is 1.25. The maximum Gasteiger partial charge on any atom is 0.325 e. The molecule has 1 saturated heterocycles. The number of hydrogen-bond acceptors (Lipinski definition) is 4. The number of carboxylic acids is 1. The molecule has 1 aliphatic heterocycles.